The Morgan fingerprint density at radius 1 is 1.33 bits per heavy atom. The first-order valence-electron chi connectivity index (χ1n) is 4.81. The molecule has 0 aliphatic carbocycles. The van der Waals surface area contributed by atoms with Crippen molar-refractivity contribution in [3.05, 3.63) is 52.0 Å². The number of nitrogens with zero attached hydrogens (tertiary/aromatic N) is 1. The molecule has 0 saturated heterocycles. The number of halogens is 3. The van der Waals surface area contributed by atoms with Gasteiger partial charge in [0.2, 0.25) is 0 Å². The molecule has 0 bridgehead atoms. The first kappa shape index (κ1) is 13.5. The molecule has 0 aliphatic rings. The highest BCUT2D eigenvalue weighted by molar-refractivity contribution is 9.10. The average Bonchev–Trinajstić information content (AvgIpc) is 2.34. The summed E-state index contributed by atoms with van der Waals surface area (Å²) in [4.78, 5) is 4.35. The van der Waals surface area contributed by atoms with E-state index in [-0.39, 0.29) is 11.0 Å². The van der Waals surface area contributed by atoms with Crippen molar-refractivity contribution in [1.82, 2.24) is 4.98 Å². The van der Waals surface area contributed by atoms with Gasteiger partial charge in [0.15, 0.2) is 5.15 Å². The van der Waals surface area contributed by atoms with Crippen molar-refractivity contribution in [2.45, 2.75) is 4.90 Å². The van der Waals surface area contributed by atoms with Crippen LogP contribution < -0.4 is 4.72 Å². The highest BCUT2D eigenvalue weighted by Gasteiger charge is 2.08. The molecule has 0 fully saturated rings. The first-order chi connectivity index (χ1) is 8.56. The van der Waals surface area contributed by atoms with Crippen LogP contribution in [0.25, 0.3) is 0 Å². The lowest BCUT2D eigenvalue weighted by atomic mass is 10.4. The summed E-state index contributed by atoms with van der Waals surface area (Å²) in [7, 11) is -1.52. The third-order valence-corrected chi connectivity index (χ3v) is 3.88. The number of nitrogens with one attached hydrogen (secondary N) is 1. The van der Waals surface area contributed by atoms with Crippen LogP contribution >= 0.6 is 27.5 Å². The van der Waals surface area contributed by atoms with Crippen molar-refractivity contribution in [2.75, 3.05) is 4.72 Å². The molecule has 2 aromatic rings. The summed E-state index contributed by atoms with van der Waals surface area (Å²) < 4.78 is 28.1. The van der Waals surface area contributed by atoms with Crippen LogP contribution in [0.2, 0.25) is 5.15 Å². The van der Waals surface area contributed by atoms with Gasteiger partial charge in [0.05, 0.1) is 10.6 Å². The maximum absolute atomic E-state index is 12.7. The standard InChI is InChI=1S/C11H7BrClFN2OS/c12-7-5-10(11(13)15-6-7)16-18(17)9-3-1-8(14)2-4-9/h1-6,16H. The predicted octanol–water partition coefficient (Wildman–Crippen LogP) is 3.77. The van der Waals surface area contributed by atoms with Crippen molar-refractivity contribution >= 4 is 44.2 Å². The highest BCUT2D eigenvalue weighted by atomic mass is 79.9. The maximum Gasteiger partial charge on any atom is 0.153 e. The molecule has 1 aromatic heterocycles. The van der Waals surface area contributed by atoms with Crippen LogP contribution in [0, 0.1) is 5.82 Å². The molecule has 7 heteroatoms. The molecule has 18 heavy (non-hydrogen) atoms. The second-order valence-electron chi connectivity index (χ2n) is 3.32. The Morgan fingerprint density at radius 3 is 2.67 bits per heavy atom. The summed E-state index contributed by atoms with van der Waals surface area (Å²) in [6.45, 7) is 0. The molecule has 0 radical (unpaired) electrons. The van der Waals surface area contributed by atoms with Crippen molar-refractivity contribution < 1.29 is 8.60 Å². The minimum Gasteiger partial charge on any atom is -0.298 e. The number of hydrogen-bond acceptors (Lipinski definition) is 2. The molecule has 94 valence electrons. The van der Waals surface area contributed by atoms with Gasteiger partial charge in [-0.2, -0.15) is 0 Å². The quantitative estimate of drug-likeness (QED) is 0.857. The minimum absolute atomic E-state index is 0.216. The van der Waals surface area contributed by atoms with Crippen LogP contribution in [0.4, 0.5) is 10.1 Å². The lowest BCUT2D eigenvalue weighted by Crippen LogP contribution is -2.05. The molecule has 1 atom stereocenters. The van der Waals surface area contributed by atoms with Gasteiger partial charge in [0.25, 0.3) is 0 Å². The molecule has 0 amide bonds. The van der Waals surface area contributed by atoms with E-state index in [9.17, 15) is 8.60 Å². The SMILES string of the molecule is O=S(Nc1cc(Br)cnc1Cl)c1ccc(F)cc1. The number of rotatable bonds is 3. The Labute approximate surface area is 119 Å². The Balaban J connectivity index is 2.21. The topological polar surface area (TPSA) is 42.0 Å². The maximum atomic E-state index is 12.7. The van der Waals surface area contributed by atoms with Gasteiger partial charge in [-0.05, 0) is 46.3 Å². The van der Waals surface area contributed by atoms with Gasteiger partial charge >= 0.3 is 0 Å². The Hall–Kier alpha value is -0.980. The fraction of sp³-hybridized carbons (Fsp3) is 0. The molecule has 1 heterocycles. The average molecular weight is 350 g/mol. The summed E-state index contributed by atoms with van der Waals surface area (Å²) in [6.07, 6.45) is 1.54. The van der Waals surface area contributed by atoms with Crippen molar-refractivity contribution in [2.24, 2.45) is 0 Å². The summed E-state index contributed by atoms with van der Waals surface area (Å²) in [5.74, 6) is -0.377. The summed E-state index contributed by atoms with van der Waals surface area (Å²) in [5, 5.41) is 0.216. The van der Waals surface area contributed by atoms with E-state index < -0.39 is 11.0 Å². The number of benzene rings is 1. The monoisotopic (exact) mass is 348 g/mol. The zero-order valence-corrected chi connectivity index (χ0v) is 12.0. The summed E-state index contributed by atoms with van der Waals surface area (Å²) >= 11 is 9.11. The zero-order chi connectivity index (χ0) is 13.1. The third kappa shape index (κ3) is 3.28. The Bertz CT molecular complexity index is 594. The summed E-state index contributed by atoms with van der Waals surface area (Å²) in [5.41, 5.74) is 0.439. The fourth-order valence-corrected chi connectivity index (χ4v) is 2.61. The Kier molecular flexibility index (Phi) is 4.31. The molecule has 1 unspecified atom stereocenters. The van der Waals surface area contributed by atoms with Crippen molar-refractivity contribution in [3.63, 3.8) is 0 Å². The lowest BCUT2D eigenvalue weighted by molar-refractivity contribution is 0.626. The second-order valence-corrected chi connectivity index (χ2v) is 5.80. The van der Waals surface area contributed by atoms with Crippen LogP contribution in [0.3, 0.4) is 0 Å². The van der Waals surface area contributed by atoms with E-state index in [0.717, 1.165) is 0 Å². The fourth-order valence-electron chi connectivity index (χ4n) is 1.21. The molecule has 0 aliphatic heterocycles. The van der Waals surface area contributed by atoms with E-state index >= 15 is 0 Å². The molecule has 2 rings (SSSR count). The Morgan fingerprint density at radius 2 is 2.00 bits per heavy atom. The number of anilines is 1. The van der Waals surface area contributed by atoms with Crippen LogP contribution in [-0.2, 0) is 11.0 Å². The normalized spacial score (nSPS) is 12.2. The van der Waals surface area contributed by atoms with E-state index in [1.54, 1.807) is 6.07 Å². The smallest absolute Gasteiger partial charge is 0.153 e. The number of pyridine rings is 1. The number of hydrogen-bond donors (Lipinski definition) is 1. The highest BCUT2D eigenvalue weighted by Crippen LogP contribution is 2.24. The molecule has 3 nitrogen and oxygen atoms in total. The molecule has 0 spiro atoms. The van der Waals surface area contributed by atoms with Gasteiger partial charge < -0.3 is 0 Å². The predicted molar refractivity (Wildman–Crippen MR) is 73.4 cm³/mol. The first-order valence-corrected chi connectivity index (χ1v) is 7.13. The van der Waals surface area contributed by atoms with Gasteiger partial charge in [-0.3, -0.25) is 4.72 Å². The largest absolute Gasteiger partial charge is 0.298 e. The lowest BCUT2D eigenvalue weighted by Gasteiger charge is -2.07. The molecule has 0 saturated carbocycles. The van der Waals surface area contributed by atoms with Crippen LogP contribution in [0.1, 0.15) is 0 Å². The van der Waals surface area contributed by atoms with E-state index in [0.29, 0.717) is 15.1 Å². The van der Waals surface area contributed by atoms with Gasteiger partial charge in [-0.1, -0.05) is 11.6 Å². The zero-order valence-electron chi connectivity index (χ0n) is 8.86. The van der Waals surface area contributed by atoms with Gasteiger partial charge in [0.1, 0.15) is 16.8 Å². The third-order valence-electron chi connectivity index (χ3n) is 2.04. The summed E-state index contributed by atoms with van der Waals surface area (Å²) in [6, 6.07) is 7.04. The number of aromatic nitrogens is 1. The van der Waals surface area contributed by atoms with Crippen LogP contribution in [-0.4, -0.2) is 9.19 Å². The van der Waals surface area contributed by atoms with Crippen molar-refractivity contribution in [1.29, 1.82) is 0 Å². The molecular weight excluding hydrogens is 343 g/mol. The molecular formula is C11H7BrClFN2OS. The van der Waals surface area contributed by atoms with E-state index in [1.807, 2.05) is 0 Å². The van der Waals surface area contributed by atoms with Crippen LogP contribution in [0.15, 0.2) is 45.9 Å². The van der Waals surface area contributed by atoms with Gasteiger partial charge in [-0.25, -0.2) is 13.6 Å². The van der Waals surface area contributed by atoms with E-state index in [2.05, 4.69) is 25.6 Å². The van der Waals surface area contributed by atoms with Gasteiger partial charge in [-0.15, -0.1) is 0 Å². The van der Waals surface area contributed by atoms with Crippen LogP contribution in [0.5, 0.6) is 0 Å². The van der Waals surface area contributed by atoms with Crippen molar-refractivity contribution in [3.8, 4) is 0 Å². The van der Waals surface area contributed by atoms with E-state index in [1.165, 1.54) is 30.5 Å². The molecule has 1 aromatic carbocycles. The van der Waals surface area contributed by atoms with Gasteiger partial charge in [0, 0.05) is 10.7 Å². The molecule has 1 N–H and O–H groups in total. The minimum atomic E-state index is -1.52. The second kappa shape index (κ2) is 5.77. The van der Waals surface area contributed by atoms with E-state index in [4.69, 9.17) is 11.6 Å².